The van der Waals surface area contributed by atoms with E-state index in [0.29, 0.717) is 6.42 Å². The lowest BCUT2D eigenvalue weighted by atomic mass is 10.1. The number of alkyl halides is 3. The van der Waals surface area contributed by atoms with Crippen LogP contribution in [-0.4, -0.2) is 20.7 Å². The van der Waals surface area contributed by atoms with Gasteiger partial charge in [-0.15, -0.1) is 11.3 Å². The van der Waals surface area contributed by atoms with Crippen molar-refractivity contribution in [3.63, 3.8) is 0 Å². The monoisotopic (exact) mass is 444 g/mol. The van der Waals surface area contributed by atoms with Crippen LogP contribution in [0, 0.1) is 0 Å². The van der Waals surface area contributed by atoms with Gasteiger partial charge in [0.15, 0.2) is 0 Å². The summed E-state index contributed by atoms with van der Waals surface area (Å²) in [6, 6.07) is 13.2. The van der Waals surface area contributed by atoms with Gasteiger partial charge in [-0.3, -0.25) is 4.79 Å². The summed E-state index contributed by atoms with van der Waals surface area (Å²) in [6.45, 7) is 0. The van der Waals surface area contributed by atoms with Crippen LogP contribution >= 0.6 is 11.3 Å². The molecule has 0 bridgehead atoms. The molecule has 0 spiro atoms. The number of para-hydroxylation sites is 1. The summed E-state index contributed by atoms with van der Waals surface area (Å²) in [4.78, 5) is 16.8. The number of anilines is 1. The topological polar surface area (TPSA) is 59.8 Å². The predicted octanol–water partition coefficient (Wildman–Crippen LogP) is 5.85. The van der Waals surface area contributed by atoms with Gasteiger partial charge < -0.3 is 5.32 Å². The van der Waals surface area contributed by atoms with E-state index in [1.807, 2.05) is 24.3 Å². The second-order valence-corrected chi connectivity index (χ2v) is 8.12. The molecule has 0 saturated heterocycles. The molecule has 0 aliphatic heterocycles. The van der Waals surface area contributed by atoms with Crippen molar-refractivity contribution in [2.24, 2.45) is 0 Å². The Hall–Kier alpha value is -3.20. The highest BCUT2D eigenvalue weighted by atomic mass is 32.1. The molecular formula is C22H19F3N4OS. The molecular weight excluding hydrogens is 425 g/mol. The fourth-order valence-electron chi connectivity index (χ4n) is 3.24. The summed E-state index contributed by atoms with van der Waals surface area (Å²) in [6.07, 6.45) is 0.614. The van der Waals surface area contributed by atoms with E-state index in [1.165, 1.54) is 23.0 Å². The van der Waals surface area contributed by atoms with Gasteiger partial charge in [0.25, 0.3) is 0 Å². The second-order valence-electron chi connectivity index (χ2n) is 7.01. The number of carbonyl (C=O) groups excluding carboxylic acids is 1. The summed E-state index contributed by atoms with van der Waals surface area (Å²) >= 11 is 1.62. The zero-order chi connectivity index (χ0) is 21.8. The number of thiazole rings is 1. The number of hydrogen-bond donors (Lipinski definition) is 1. The Morgan fingerprint density at radius 3 is 2.68 bits per heavy atom. The van der Waals surface area contributed by atoms with E-state index >= 15 is 0 Å². The van der Waals surface area contributed by atoms with E-state index in [-0.39, 0.29) is 17.8 Å². The minimum absolute atomic E-state index is 0.142. The SMILES string of the molecule is O=C(CCCCc1nc2ccccc2s1)Nc1ccc(-n2cccn2)cc1C(F)(F)F. The molecule has 0 atom stereocenters. The summed E-state index contributed by atoms with van der Waals surface area (Å²) in [5, 5.41) is 7.35. The largest absolute Gasteiger partial charge is 0.418 e. The van der Waals surface area contributed by atoms with Crippen LogP contribution < -0.4 is 5.32 Å². The fraction of sp³-hybridized carbons (Fsp3) is 0.227. The van der Waals surface area contributed by atoms with Crippen molar-refractivity contribution in [1.29, 1.82) is 0 Å². The van der Waals surface area contributed by atoms with Crippen LogP contribution in [0.15, 0.2) is 60.9 Å². The van der Waals surface area contributed by atoms with Gasteiger partial charge in [-0.05, 0) is 55.7 Å². The number of aromatic nitrogens is 3. The van der Waals surface area contributed by atoms with Crippen molar-refractivity contribution in [2.45, 2.75) is 31.9 Å². The molecule has 2 heterocycles. The highest BCUT2D eigenvalue weighted by Crippen LogP contribution is 2.36. The maximum atomic E-state index is 13.5. The van der Waals surface area contributed by atoms with E-state index in [2.05, 4.69) is 15.4 Å². The Morgan fingerprint density at radius 1 is 1.10 bits per heavy atom. The number of carbonyl (C=O) groups is 1. The molecule has 0 aliphatic rings. The van der Waals surface area contributed by atoms with Crippen molar-refractivity contribution in [1.82, 2.24) is 14.8 Å². The minimum Gasteiger partial charge on any atom is -0.326 e. The average Bonchev–Trinajstić information content (AvgIpc) is 3.40. The van der Waals surface area contributed by atoms with Crippen molar-refractivity contribution in [2.75, 3.05) is 5.32 Å². The third-order valence-corrected chi connectivity index (χ3v) is 5.83. The van der Waals surface area contributed by atoms with Crippen LogP contribution in [0.4, 0.5) is 18.9 Å². The molecule has 5 nitrogen and oxygen atoms in total. The Labute approximate surface area is 180 Å². The van der Waals surface area contributed by atoms with E-state index in [1.54, 1.807) is 23.6 Å². The Balaban J connectivity index is 1.35. The van der Waals surface area contributed by atoms with E-state index < -0.39 is 17.6 Å². The molecule has 4 rings (SSSR count). The quantitative estimate of drug-likeness (QED) is 0.364. The third-order valence-electron chi connectivity index (χ3n) is 4.73. The first-order chi connectivity index (χ1) is 14.9. The third kappa shape index (κ3) is 5.11. The molecule has 0 unspecified atom stereocenters. The highest BCUT2D eigenvalue weighted by Gasteiger charge is 2.34. The number of hydrogen-bond acceptors (Lipinski definition) is 4. The number of nitrogens with zero attached hydrogens (tertiary/aromatic N) is 3. The number of rotatable bonds is 7. The minimum atomic E-state index is -4.60. The first-order valence-electron chi connectivity index (χ1n) is 9.76. The number of halogens is 3. The van der Waals surface area contributed by atoms with Gasteiger partial charge in [0.05, 0.1) is 32.2 Å². The maximum absolute atomic E-state index is 13.5. The molecule has 1 amide bonds. The first kappa shape index (κ1) is 21.0. The number of nitrogens with one attached hydrogen (secondary N) is 1. The molecule has 4 aromatic rings. The molecule has 2 aromatic heterocycles. The van der Waals surface area contributed by atoms with Crippen LogP contribution in [0.3, 0.4) is 0 Å². The number of benzene rings is 2. The van der Waals surface area contributed by atoms with Gasteiger partial charge in [-0.2, -0.15) is 18.3 Å². The number of aryl methyl sites for hydroxylation is 1. The first-order valence-corrected chi connectivity index (χ1v) is 10.6. The van der Waals surface area contributed by atoms with Gasteiger partial charge in [0.1, 0.15) is 0 Å². The summed E-state index contributed by atoms with van der Waals surface area (Å²) in [5.41, 5.74) is 0.0764. The lowest BCUT2D eigenvalue weighted by Crippen LogP contribution is -2.17. The summed E-state index contributed by atoms with van der Waals surface area (Å²) in [7, 11) is 0. The molecule has 9 heteroatoms. The standard InChI is InChI=1S/C22H19F3N4OS/c23-22(24,25)16-14-15(29-13-5-12-26-29)10-11-17(16)27-20(30)8-3-4-9-21-28-18-6-1-2-7-19(18)31-21/h1-2,5-7,10-14H,3-4,8-9H2,(H,27,30). The Kier molecular flexibility index (Phi) is 6.03. The van der Waals surface area contributed by atoms with Crippen molar-refractivity contribution < 1.29 is 18.0 Å². The molecule has 31 heavy (non-hydrogen) atoms. The van der Waals surface area contributed by atoms with Gasteiger partial charge in [-0.25, -0.2) is 9.67 Å². The fourth-order valence-corrected chi connectivity index (χ4v) is 4.25. The van der Waals surface area contributed by atoms with Crippen molar-refractivity contribution in [3.8, 4) is 5.69 Å². The molecule has 0 radical (unpaired) electrons. The van der Waals surface area contributed by atoms with Gasteiger partial charge in [-0.1, -0.05) is 12.1 Å². The van der Waals surface area contributed by atoms with E-state index in [9.17, 15) is 18.0 Å². The van der Waals surface area contributed by atoms with Gasteiger partial charge >= 0.3 is 6.18 Å². The molecule has 0 fully saturated rings. The number of amides is 1. The van der Waals surface area contributed by atoms with Crippen molar-refractivity contribution >= 4 is 33.1 Å². The Morgan fingerprint density at radius 2 is 1.94 bits per heavy atom. The average molecular weight is 444 g/mol. The molecule has 160 valence electrons. The lowest BCUT2D eigenvalue weighted by molar-refractivity contribution is -0.137. The van der Waals surface area contributed by atoms with Crippen molar-refractivity contribution in [3.05, 3.63) is 71.5 Å². The maximum Gasteiger partial charge on any atom is 0.418 e. The van der Waals surface area contributed by atoms with Crippen LogP contribution in [-0.2, 0) is 17.4 Å². The van der Waals surface area contributed by atoms with Crippen LogP contribution in [0.25, 0.3) is 15.9 Å². The van der Waals surface area contributed by atoms with Crippen LogP contribution in [0.2, 0.25) is 0 Å². The number of unbranched alkanes of at least 4 members (excludes halogenated alkanes) is 1. The zero-order valence-electron chi connectivity index (χ0n) is 16.4. The normalized spacial score (nSPS) is 11.7. The molecule has 1 N–H and O–H groups in total. The van der Waals surface area contributed by atoms with Crippen LogP contribution in [0.1, 0.15) is 29.8 Å². The molecule has 0 aliphatic carbocycles. The van der Waals surface area contributed by atoms with E-state index in [0.717, 1.165) is 34.1 Å². The Bertz CT molecular complexity index is 1150. The zero-order valence-corrected chi connectivity index (χ0v) is 17.2. The molecule has 0 saturated carbocycles. The second kappa shape index (κ2) is 8.89. The highest BCUT2D eigenvalue weighted by molar-refractivity contribution is 7.18. The summed E-state index contributed by atoms with van der Waals surface area (Å²) < 4.78 is 43.0. The summed E-state index contributed by atoms with van der Waals surface area (Å²) in [5.74, 6) is -0.443. The lowest BCUT2D eigenvalue weighted by Gasteiger charge is -2.15. The van der Waals surface area contributed by atoms with Gasteiger partial charge in [0.2, 0.25) is 5.91 Å². The predicted molar refractivity (Wildman–Crippen MR) is 114 cm³/mol. The smallest absolute Gasteiger partial charge is 0.326 e. The van der Waals surface area contributed by atoms with Crippen LogP contribution in [0.5, 0.6) is 0 Å². The number of fused-ring (bicyclic) bond motifs is 1. The van der Waals surface area contributed by atoms with E-state index in [4.69, 9.17) is 0 Å². The van der Waals surface area contributed by atoms with Gasteiger partial charge in [0, 0.05) is 18.8 Å². The molecule has 2 aromatic carbocycles.